The number of nitrogens with one attached hydrogen (secondary N) is 1. The number of hydrogen-bond acceptors (Lipinski definition) is 4. The van der Waals surface area contributed by atoms with Crippen LogP contribution in [0.3, 0.4) is 0 Å². The van der Waals surface area contributed by atoms with Crippen LogP contribution in [-0.2, 0) is 0 Å². The van der Waals surface area contributed by atoms with Crippen LogP contribution in [0, 0.1) is 0 Å². The molecule has 0 radical (unpaired) electrons. The molecule has 2 fully saturated rings. The van der Waals surface area contributed by atoms with Crippen molar-refractivity contribution in [1.29, 1.82) is 0 Å². The van der Waals surface area contributed by atoms with E-state index in [1.807, 2.05) is 24.9 Å². The van der Waals surface area contributed by atoms with E-state index in [0.717, 1.165) is 25.7 Å². The van der Waals surface area contributed by atoms with E-state index >= 15 is 0 Å². The molecule has 1 N–H and O–H groups in total. The molecular formula is C15H24N4O. The van der Waals surface area contributed by atoms with Gasteiger partial charge in [0.1, 0.15) is 0 Å². The van der Waals surface area contributed by atoms with E-state index in [1.165, 1.54) is 12.8 Å². The molecule has 2 aliphatic carbocycles. The minimum atomic E-state index is 0.0771. The Balaban J connectivity index is 1.75. The summed E-state index contributed by atoms with van der Waals surface area (Å²) in [6.45, 7) is 0. The molecule has 1 aromatic rings. The SMILES string of the molecule is CNC1CCC(N(C)c2nccn(C3CC3)c2=O)CC1. The molecule has 0 amide bonds. The van der Waals surface area contributed by atoms with Crippen molar-refractivity contribution >= 4 is 5.82 Å². The first kappa shape index (κ1) is 13.6. The predicted molar refractivity (Wildman–Crippen MR) is 80.3 cm³/mol. The van der Waals surface area contributed by atoms with Gasteiger partial charge in [-0.25, -0.2) is 4.98 Å². The van der Waals surface area contributed by atoms with Crippen molar-refractivity contribution in [2.24, 2.45) is 0 Å². The van der Waals surface area contributed by atoms with Crippen molar-refractivity contribution in [2.45, 2.75) is 56.7 Å². The summed E-state index contributed by atoms with van der Waals surface area (Å²) in [7, 11) is 4.05. The first-order valence-electron chi connectivity index (χ1n) is 7.68. The van der Waals surface area contributed by atoms with Gasteiger partial charge in [0.05, 0.1) is 0 Å². The monoisotopic (exact) mass is 276 g/mol. The van der Waals surface area contributed by atoms with E-state index in [0.29, 0.717) is 23.9 Å². The Labute approximate surface area is 120 Å². The average Bonchev–Trinajstić information content (AvgIpc) is 3.31. The largest absolute Gasteiger partial charge is 0.352 e. The molecule has 1 heterocycles. The van der Waals surface area contributed by atoms with Crippen LogP contribution >= 0.6 is 0 Å². The summed E-state index contributed by atoms with van der Waals surface area (Å²) in [4.78, 5) is 18.9. The fourth-order valence-electron chi connectivity index (χ4n) is 3.22. The van der Waals surface area contributed by atoms with Gasteiger partial charge in [-0.2, -0.15) is 0 Å². The molecule has 20 heavy (non-hydrogen) atoms. The Morgan fingerprint density at radius 2 is 1.95 bits per heavy atom. The predicted octanol–water partition coefficient (Wildman–Crippen LogP) is 1.54. The maximum atomic E-state index is 12.5. The number of rotatable bonds is 4. The van der Waals surface area contributed by atoms with Crippen molar-refractivity contribution in [3.8, 4) is 0 Å². The third-order valence-corrected chi connectivity index (χ3v) is 4.78. The van der Waals surface area contributed by atoms with E-state index in [4.69, 9.17) is 0 Å². The Hall–Kier alpha value is -1.36. The first-order valence-corrected chi connectivity index (χ1v) is 7.68. The topological polar surface area (TPSA) is 50.2 Å². The summed E-state index contributed by atoms with van der Waals surface area (Å²) in [5.41, 5.74) is 0.0771. The standard InChI is InChI=1S/C15H24N4O/c1-16-11-3-5-12(6-4-11)18(2)14-15(20)19(10-9-17-14)13-7-8-13/h9-13,16H,3-8H2,1-2H3. The van der Waals surface area contributed by atoms with Gasteiger partial charge in [-0.15, -0.1) is 0 Å². The molecule has 5 heteroatoms. The zero-order valence-corrected chi connectivity index (χ0v) is 12.4. The number of aromatic nitrogens is 2. The minimum Gasteiger partial charge on any atom is -0.352 e. The third-order valence-electron chi connectivity index (χ3n) is 4.78. The average molecular weight is 276 g/mol. The first-order chi connectivity index (χ1) is 9.70. The number of hydrogen-bond donors (Lipinski definition) is 1. The molecule has 0 saturated heterocycles. The number of anilines is 1. The molecule has 0 aliphatic heterocycles. The smallest absolute Gasteiger partial charge is 0.293 e. The normalized spacial score (nSPS) is 26.5. The van der Waals surface area contributed by atoms with Crippen LogP contribution in [0.25, 0.3) is 0 Å². The van der Waals surface area contributed by atoms with Gasteiger partial charge < -0.3 is 14.8 Å². The molecule has 1 aromatic heterocycles. The van der Waals surface area contributed by atoms with Crippen molar-refractivity contribution in [3.63, 3.8) is 0 Å². The Morgan fingerprint density at radius 1 is 1.25 bits per heavy atom. The lowest BCUT2D eigenvalue weighted by molar-refractivity contribution is 0.350. The second-order valence-electron chi connectivity index (χ2n) is 6.10. The highest BCUT2D eigenvalue weighted by Crippen LogP contribution is 2.33. The van der Waals surface area contributed by atoms with E-state index in [9.17, 15) is 4.79 Å². The van der Waals surface area contributed by atoms with Crippen LogP contribution in [-0.4, -0.2) is 35.7 Å². The second-order valence-corrected chi connectivity index (χ2v) is 6.10. The van der Waals surface area contributed by atoms with Gasteiger partial charge in [0.25, 0.3) is 5.56 Å². The van der Waals surface area contributed by atoms with E-state index in [-0.39, 0.29) is 5.56 Å². The molecule has 2 saturated carbocycles. The van der Waals surface area contributed by atoms with Crippen LogP contribution in [0.5, 0.6) is 0 Å². The van der Waals surface area contributed by atoms with Gasteiger partial charge in [0.2, 0.25) is 0 Å². The van der Waals surface area contributed by atoms with Gasteiger partial charge >= 0.3 is 0 Å². The fraction of sp³-hybridized carbons (Fsp3) is 0.733. The maximum Gasteiger partial charge on any atom is 0.293 e. The van der Waals surface area contributed by atoms with Crippen molar-refractivity contribution in [1.82, 2.24) is 14.9 Å². The summed E-state index contributed by atoms with van der Waals surface area (Å²) < 4.78 is 1.86. The summed E-state index contributed by atoms with van der Waals surface area (Å²) in [6.07, 6.45) is 10.5. The summed E-state index contributed by atoms with van der Waals surface area (Å²) in [5.74, 6) is 0.618. The van der Waals surface area contributed by atoms with Gasteiger partial charge in [-0.3, -0.25) is 4.79 Å². The highest BCUT2D eigenvalue weighted by Gasteiger charge is 2.28. The lowest BCUT2D eigenvalue weighted by Gasteiger charge is -2.35. The van der Waals surface area contributed by atoms with Crippen LogP contribution in [0.1, 0.15) is 44.6 Å². The van der Waals surface area contributed by atoms with E-state index < -0.39 is 0 Å². The van der Waals surface area contributed by atoms with Crippen molar-refractivity contribution in [2.75, 3.05) is 19.0 Å². The Kier molecular flexibility index (Phi) is 3.78. The summed E-state index contributed by atoms with van der Waals surface area (Å²) in [5, 5.41) is 3.35. The molecule has 110 valence electrons. The molecule has 0 spiro atoms. The van der Waals surface area contributed by atoms with Crippen molar-refractivity contribution < 1.29 is 0 Å². The second kappa shape index (κ2) is 5.56. The van der Waals surface area contributed by atoms with Gasteiger partial charge in [0.15, 0.2) is 5.82 Å². The minimum absolute atomic E-state index is 0.0771. The highest BCUT2D eigenvalue weighted by molar-refractivity contribution is 5.36. The lowest BCUT2D eigenvalue weighted by atomic mass is 9.90. The zero-order valence-electron chi connectivity index (χ0n) is 12.4. The zero-order chi connectivity index (χ0) is 14.1. The molecule has 0 atom stereocenters. The van der Waals surface area contributed by atoms with Crippen LogP contribution in [0.15, 0.2) is 17.2 Å². The number of nitrogens with zero attached hydrogens (tertiary/aromatic N) is 3. The van der Waals surface area contributed by atoms with Crippen LogP contribution < -0.4 is 15.8 Å². The lowest BCUT2D eigenvalue weighted by Crippen LogP contribution is -2.42. The summed E-state index contributed by atoms with van der Waals surface area (Å²) >= 11 is 0. The quantitative estimate of drug-likeness (QED) is 0.906. The van der Waals surface area contributed by atoms with Gasteiger partial charge in [0, 0.05) is 37.6 Å². The third kappa shape index (κ3) is 2.59. The molecule has 3 rings (SSSR count). The fourth-order valence-corrected chi connectivity index (χ4v) is 3.22. The van der Waals surface area contributed by atoms with E-state index in [2.05, 4.69) is 15.2 Å². The molecule has 5 nitrogen and oxygen atoms in total. The molecule has 2 aliphatic rings. The molecule has 0 aromatic carbocycles. The van der Waals surface area contributed by atoms with Crippen molar-refractivity contribution in [3.05, 3.63) is 22.7 Å². The van der Waals surface area contributed by atoms with E-state index in [1.54, 1.807) is 6.20 Å². The Morgan fingerprint density at radius 3 is 2.55 bits per heavy atom. The summed E-state index contributed by atoms with van der Waals surface area (Å²) in [6, 6.07) is 1.49. The van der Waals surface area contributed by atoms with Crippen LogP contribution in [0.4, 0.5) is 5.82 Å². The molecule has 0 bridgehead atoms. The molecular weight excluding hydrogens is 252 g/mol. The van der Waals surface area contributed by atoms with Gasteiger partial charge in [-0.1, -0.05) is 0 Å². The van der Waals surface area contributed by atoms with Gasteiger partial charge in [-0.05, 0) is 45.6 Å². The highest BCUT2D eigenvalue weighted by atomic mass is 16.1. The van der Waals surface area contributed by atoms with Crippen LogP contribution in [0.2, 0.25) is 0 Å². The Bertz CT molecular complexity index is 515. The molecule has 0 unspecified atom stereocenters. The maximum absolute atomic E-state index is 12.5.